The second kappa shape index (κ2) is 11.3. The molecule has 0 bridgehead atoms. The standard InChI is InChI=1S/C27H35FN4O3/c1-27(2,28)18-32-14-11-19(12-15-32)17-35-24-10-9-22(16-30-24)20-5-7-21(8-6-20)25(33)31-26(34)23-4-3-13-29-23/h5-10,16,19,23,29H,3-4,11-15,17-18H2,1-2H3,(H,31,33,34)/t23-/m0/s1. The molecule has 2 amide bonds. The lowest BCUT2D eigenvalue weighted by Crippen LogP contribution is -2.43. The molecular weight excluding hydrogens is 447 g/mol. The van der Waals surface area contributed by atoms with Gasteiger partial charge in [0.2, 0.25) is 11.8 Å². The van der Waals surface area contributed by atoms with E-state index in [1.165, 1.54) is 0 Å². The van der Waals surface area contributed by atoms with E-state index in [9.17, 15) is 14.0 Å². The van der Waals surface area contributed by atoms with Crippen LogP contribution in [-0.4, -0.2) is 66.2 Å². The Kier molecular flexibility index (Phi) is 8.13. The molecular formula is C27H35FN4O3. The number of alkyl halides is 1. The van der Waals surface area contributed by atoms with Crippen molar-refractivity contribution in [2.45, 2.75) is 51.2 Å². The van der Waals surface area contributed by atoms with Gasteiger partial charge in [0.1, 0.15) is 5.67 Å². The zero-order valence-corrected chi connectivity index (χ0v) is 20.6. The Balaban J connectivity index is 1.24. The average Bonchev–Trinajstić information content (AvgIpc) is 3.38. The van der Waals surface area contributed by atoms with E-state index < -0.39 is 11.6 Å². The summed E-state index contributed by atoms with van der Waals surface area (Å²) in [4.78, 5) is 31.1. The monoisotopic (exact) mass is 482 g/mol. The molecule has 188 valence electrons. The second-order valence-electron chi connectivity index (χ2n) is 10.2. The fraction of sp³-hybridized carbons (Fsp3) is 0.519. The van der Waals surface area contributed by atoms with E-state index in [4.69, 9.17) is 4.74 Å². The van der Waals surface area contributed by atoms with Gasteiger partial charge in [-0.15, -0.1) is 0 Å². The van der Waals surface area contributed by atoms with Gasteiger partial charge in [0.05, 0.1) is 12.6 Å². The molecule has 7 nitrogen and oxygen atoms in total. The lowest BCUT2D eigenvalue weighted by atomic mass is 9.97. The van der Waals surface area contributed by atoms with Crippen molar-refractivity contribution in [3.63, 3.8) is 0 Å². The highest BCUT2D eigenvalue weighted by atomic mass is 19.1. The van der Waals surface area contributed by atoms with E-state index in [0.717, 1.165) is 56.4 Å². The normalized spacial score (nSPS) is 19.5. The number of imide groups is 1. The summed E-state index contributed by atoms with van der Waals surface area (Å²) < 4.78 is 19.8. The van der Waals surface area contributed by atoms with Gasteiger partial charge < -0.3 is 15.0 Å². The average molecular weight is 483 g/mol. The summed E-state index contributed by atoms with van der Waals surface area (Å²) in [6, 6.07) is 10.6. The number of rotatable bonds is 8. The highest BCUT2D eigenvalue weighted by molar-refractivity contribution is 6.06. The molecule has 1 atom stereocenters. The molecule has 2 N–H and O–H groups in total. The molecule has 2 fully saturated rings. The summed E-state index contributed by atoms with van der Waals surface area (Å²) in [5.41, 5.74) is 1.12. The zero-order chi connectivity index (χ0) is 24.8. The topological polar surface area (TPSA) is 83.6 Å². The largest absolute Gasteiger partial charge is 0.477 e. The SMILES string of the molecule is CC(C)(F)CN1CCC(COc2ccc(-c3ccc(C(=O)NC(=O)[C@@H]4CCCN4)cc3)cn2)CC1. The van der Waals surface area contributed by atoms with E-state index in [0.29, 0.717) is 30.5 Å². The first kappa shape index (κ1) is 25.3. The third-order valence-electron chi connectivity index (χ3n) is 6.60. The van der Waals surface area contributed by atoms with E-state index in [-0.39, 0.29) is 11.9 Å². The predicted octanol–water partition coefficient (Wildman–Crippen LogP) is 3.60. The summed E-state index contributed by atoms with van der Waals surface area (Å²) in [5, 5.41) is 5.56. The van der Waals surface area contributed by atoms with Crippen molar-refractivity contribution in [3.8, 4) is 17.0 Å². The smallest absolute Gasteiger partial charge is 0.257 e. The van der Waals surface area contributed by atoms with Crippen LogP contribution >= 0.6 is 0 Å². The third-order valence-corrected chi connectivity index (χ3v) is 6.60. The first-order valence-electron chi connectivity index (χ1n) is 12.5. The summed E-state index contributed by atoms with van der Waals surface area (Å²) in [6.07, 6.45) is 5.45. The van der Waals surface area contributed by atoms with Gasteiger partial charge in [-0.3, -0.25) is 14.9 Å². The fourth-order valence-corrected chi connectivity index (χ4v) is 4.68. The van der Waals surface area contributed by atoms with E-state index in [2.05, 4.69) is 20.5 Å². The molecule has 8 heteroatoms. The lowest BCUT2D eigenvalue weighted by Gasteiger charge is -2.34. The van der Waals surface area contributed by atoms with Crippen LogP contribution < -0.4 is 15.4 Å². The van der Waals surface area contributed by atoms with Gasteiger partial charge >= 0.3 is 0 Å². The number of hydrogen-bond acceptors (Lipinski definition) is 6. The van der Waals surface area contributed by atoms with Crippen LogP contribution in [0.25, 0.3) is 11.1 Å². The van der Waals surface area contributed by atoms with Crippen LogP contribution in [0, 0.1) is 5.92 Å². The number of likely N-dealkylation sites (tertiary alicyclic amines) is 1. The maximum absolute atomic E-state index is 13.8. The second-order valence-corrected chi connectivity index (χ2v) is 10.2. The first-order chi connectivity index (χ1) is 16.8. The number of carbonyl (C=O) groups excluding carboxylic acids is 2. The number of ether oxygens (including phenoxy) is 1. The third kappa shape index (κ3) is 7.32. The number of halogens is 1. The van der Waals surface area contributed by atoms with Crippen LogP contribution in [0.3, 0.4) is 0 Å². The van der Waals surface area contributed by atoms with Gasteiger partial charge in [-0.1, -0.05) is 12.1 Å². The van der Waals surface area contributed by atoms with Gasteiger partial charge in [-0.25, -0.2) is 9.37 Å². The number of nitrogens with one attached hydrogen (secondary N) is 2. The van der Waals surface area contributed by atoms with Crippen molar-refractivity contribution in [2.24, 2.45) is 5.92 Å². The van der Waals surface area contributed by atoms with Gasteiger partial charge in [-0.05, 0) is 88.8 Å². The highest BCUT2D eigenvalue weighted by Crippen LogP contribution is 2.23. The first-order valence-corrected chi connectivity index (χ1v) is 12.5. The highest BCUT2D eigenvalue weighted by Gasteiger charge is 2.26. The van der Waals surface area contributed by atoms with Crippen LogP contribution in [0.2, 0.25) is 0 Å². The van der Waals surface area contributed by atoms with Crippen molar-refractivity contribution >= 4 is 11.8 Å². The molecule has 2 saturated heterocycles. The summed E-state index contributed by atoms with van der Waals surface area (Å²) in [5.74, 6) is 0.364. The van der Waals surface area contributed by atoms with Crippen molar-refractivity contribution in [1.29, 1.82) is 0 Å². The molecule has 2 aliphatic rings. The molecule has 0 aliphatic carbocycles. The Bertz CT molecular complexity index is 991. The van der Waals surface area contributed by atoms with Gasteiger partial charge in [-0.2, -0.15) is 0 Å². The number of piperidine rings is 1. The van der Waals surface area contributed by atoms with Crippen LogP contribution in [0.5, 0.6) is 5.88 Å². The summed E-state index contributed by atoms with van der Waals surface area (Å²) >= 11 is 0. The molecule has 0 saturated carbocycles. The minimum absolute atomic E-state index is 0.273. The Hall–Kier alpha value is -2.84. The molecule has 0 unspecified atom stereocenters. The molecule has 0 radical (unpaired) electrons. The van der Waals surface area contributed by atoms with Gasteiger partial charge in [0.25, 0.3) is 5.91 Å². The summed E-state index contributed by atoms with van der Waals surface area (Å²) in [6.45, 7) is 6.93. The zero-order valence-electron chi connectivity index (χ0n) is 20.6. The molecule has 4 rings (SSSR count). The molecule has 1 aromatic carbocycles. The lowest BCUT2D eigenvalue weighted by molar-refractivity contribution is -0.121. The maximum Gasteiger partial charge on any atom is 0.257 e. The van der Waals surface area contributed by atoms with Crippen LogP contribution in [0.4, 0.5) is 4.39 Å². The quantitative estimate of drug-likeness (QED) is 0.560. The van der Waals surface area contributed by atoms with E-state index in [1.807, 2.05) is 24.3 Å². The van der Waals surface area contributed by atoms with Gasteiger partial charge in [0.15, 0.2) is 0 Å². The molecule has 35 heavy (non-hydrogen) atoms. The van der Waals surface area contributed by atoms with E-state index >= 15 is 0 Å². The van der Waals surface area contributed by atoms with Gasteiger partial charge in [0, 0.05) is 29.9 Å². The van der Waals surface area contributed by atoms with Crippen molar-refractivity contribution < 1.29 is 18.7 Å². The number of aromatic nitrogens is 1. The number of pyridine rings is 1. The number of carbonyl (C=O) groups is 2. The molecule has 0 spiro atoms. The molecule has 2 aromatic rings. The predicted molar refractivity (Wildman–Crippen MR) is 133 cm³/mol. The number of hydrogen-bond donors (Lipinski definition) is 2. The summed E-state index contributed by atoms with van der Waals surface area (Å²) in [7, 11) is 0. The van der Waals surface area contributed by atoms with Crippen LogP contribution in [0.1, 0.15) is 49.9 Å². The molecule has 3 heterocycles. The fourth-order valence-electron chi connectivity index (χ4n) is 4.68. The number of amides is 2. The van der Waals surface area contributed by atoms with Crippen molar-refractivity contribution in [3.05, 3.63) is 48.2 Å². The molecule has 2 aliphatic heterocycles. The van der Waals surface area contributed by atoms with E-state index in [1.54, 1.807) is 32.2 Å². The minimum atomic E-state index is -1.16. The Morgan fingerprint density at radius 3 is 2.43 bits per heavy atom. The van der Waals surface area contributed by atoms with Crippen LogP contribution in [0.15, 0.2) is 42.6 Å². The number of nitrogens with zero attached hydrogens (tertiary/aromatic N) is 2. The number of benzene rings is 1. The maximum atomic E-state index is 13.8. The molecule has 1 aromatic heterocycles. The van der Waals surface area contributed by atoms with Crippen LogP contribution in [-0.2, 0) is 4.79 Å². The Morgan fingerprint density at radius 2 is 1.83 bits per heavy atom. The van der Waals surface area contributed by atoms with Crippen molar-refractivity contribution in [1.82, 2.24) is 20.5 Å². The minimum Gasteiger partial charge on any atom is -0.477 e. The van der Waals surface area contributed by atoms with Crippen molar-refractivity contribution in [2.75, 3.05) is 32.8 Å². The Labute approximate surface area is 206 Å². The Morgan fingerprint density at radius 1 is 1.11 bits per heavy atom.